The Kier molecular flexibility index (Phi) is 4.48. The van der Waals surface area contributed by atoms with Gasteiger partial charge in [-0.05, 0) is 25.8 Å². The van der Waals surface area contributed by atoms with Crippen LogP contribution in [0, 0.1) is 5.41 Å². The smallest absolute Gasteiger partial charge is 0.235 e. The summed E-state index contributed by atoms with van der Waals surface area (Å²) >= 11 is 0. The molecule has 0 heterocycles. The Bertz CT molecular complexity index is 427. The third-order valence-electron chi connectivity index (χ3n) is 3.10. The van der Waals surface area contributed by atoms with Crippen LogP contribution in [0.25, 0.3) is 0 Å². The Labute approximate surface area is 108 Å². The molecule has 0 unspecified atom stereocenters. The van der Waals surface area contributed by atoms with Crippen LogP contribution in [-0.2, 0) is 9.59 Å². The number of hydrogen-bond donors (Lipinski definition) is 2. The highest BCUT2D eigenvalue weighted by atomic mass is 16.2. The summed E-state index contributed by atoms with van der Waals surface area (Å²) in [4.78, 5) is 23.3. The van der Waals surface area contributed by atoms with Gasteiger partial charge in [0.05, 0.1) is 6.04 Å². The van der Waals surface area contributed by atoms with E-state index >= 15 is 0 Å². The van der Waals surface area contributed by atoms with Crippen molar-refractivity contribution in [3.05, 3.63) is 35.9 Å². The molecule has 0 saturated heterocycles. The number of carbonyl (C=O) groups is 2. The maximum absolute atomic E-state index is 12.0. The number of amides is 2. The van der Waals surface area contributed by atoms with Gasteiger partial charge in [0, 0.05) is 0 Å². The summed E-state index contributed by atoms with van der Waals surface area (Å²) in [6.07, 6.45) is 0.755. The number of primary amides is 1. The van der Waals surface area contributed by atoms with Crippen LogP contribution in [-0.4, -0.2) is 11.8 Å². The van der Waals surface area contributed by atoms with E-state index in [4.69, 9.17) is 5.73 Å². The molecule has 0 saturated carbocycles. The fourth-order valence-corrected chi connectivity index (χ4v) is 1.56. The molecular formula is C14H20N2O2. The zero-order valence-electron chi connectivity index (χ0n) is 11.1. The van der Waals surface area contributed by atoms with Gasteiger partial charge < -0.3 is 11.1 Å². The summed E-state index contributed by atoms with van der Waals surface area (Å²) in [5, 5.41) is 2.86. The zero-order chi connectivity index (χ0) is 13.8. The van der Waals surface area contributed by atoms with Crippen LogP contribution in [0.3, 0.4) is 0 Å². The summed E-state index contributed by atoms with van der Waals surface area (Å²) in [6, 6.07) is 9.56. The molecule has 4 heteroatoms. The van der Waals surface area contributed by atoms with Gasteiger partial charge in [-0.2, -0.15) is 0 Å². The fourth-order valence-electron chi connectivity index (χ4n) is 1.56. The Balaban J connectivity index is 2.82. The lowest BCUT2D eigenvalue weighted by Crippen LogP contribution is -2.46. The largest absolute Gasteiger partial charge is 0.369 e. The first-order valence-corrected chi connectivity index (χ1v) is 6.05. The van der Waals surface area contributed by atoms with E-state index in [2.05, 4.69) is 5.32 Å². The van der Waals surface area contributed by atoms with Crippen molar-refractivity contribution in [1.29, 1.82) is 0 Å². The topological polar surface area (TPSA) is 72.2 Å². The molecule has 1 aromatic carbocycles. The van der Waals surface area contributed by atoms with Crippen LogP contribution in [0.15, 0.2) is 30.3 Å². The van der Waals surface area contributed by atoms with Crippen molar-refractivity contribution < 1.29 is 9.59 Å². The molecule has 0 aliphatic rings. The average molecular weight is 248 g/mol. The summed E-state index contributed by atoms with van der Waals surface area (Å²) in [5.74, 6) is -0.964. The molecule has 3 N–H and O–H groups in total. The van der Waals surface area contributed by atoms with E-state index in [-0.39, 0.29) is 11.9 Å². The number of nitrogens with two attached hydrogens (primary N) is 1. The molecule has 2 amide bonds. The van der Waals surface area contributed by atoms with Gasteiger partial charge in [-0.15, -0.1) is 0 Å². The van der Waals surface area contributed by atoms with E-state index in [1.54, 1.807) is 0 Å². The molecule has 0 spiro atoms. The minimum Gasteiger partial charge on any atom is -0.369 e. The quantitative estimate of drug-likeness (QED) is 0.779. The number of rotatable bonds is 5. The molecule has 0 fully saturated rings. The van der Waals surface area contributed by atoms with Gasteiger partial charge in [-0.3, -0.25) is 9.59 Å². The second-order valence-corrected chi connectivity index (χ2v) is 4.83. The van der Waals surface area contributed by atoms with Crippen molar-refractivity contribution >= 4 is 11.8 Å². The lowest BCUT2D eigenvalue weighted by Gasteiger charge is -2.24. The van der Waals surface area contributed by atoms with Crippen LogP contribution < -0.4 is 11.1 Å². The van der Waals surface area contributed by atoms with Crippen LogP contribution in [0.5, 0.6) is 0 Å². The molecule has 18 heavy (non-hydrogen) atoms. The summed E-state index contributed by atoms with van der Waals surface area (Å²) in [5.41, 5.74) is 5.06. The van der Waals surface area contributed by atoms with E-state index < -0.39 is 11.3 Å². The van der Waals surface area contributed by atoms with Crippen LogP contribution >= 0.6 is 0 Å². The maximum atomic E-state index is 12.0. The van der Waals surface area contributed by atoms with Gasteiger partial charge in [-0.25, -0.2) is 0 Å². The van der Waals surface area contributed by atoms with Crippen molar-refractivity contribution in [3.63, 3.8) is 0 Å². The van der Waals surface area contributed by atoms with Gasteiger partial charge in [0.15, 0.2) is 0 Å². The molecule has 4 nitrogen and oxygen atoms in total. The molecule has 1 atom stereocenters. The summed E-state index contributed by atoms with van der Waals surface area (Å²) in [6.45, 7) is 5.04. The van der Waals surface area contributed by atoms with E-state index in [9.17, 15) is 9.59 Å². The maximum Gasteiger partial charge on any atom is 0.235 e. The number of nitrogens with one attached hydrogen (secondary N) is 1. The SMILES string of the molecule is CC[C@@H](NC(=O)C(C)(C)C(N)=O)c1ccccc1. The van der Waals surface area contributed by atoms with Crippen molar-refractivity contribution in [2.45, 2.75) is 33.2 Å². The average Bonchev–Trinajstić information content (AvgIpc) is 2.36. The molecule has 0 aliphatic heterocycles. The van der Waals surface area contributed by atoms with Crippen molar-refractivity contribution in [3.8, 4) is 0 Å². The Morgan fingerprint density at radius 3 is 2.28 bits per heavy atom. The lowest BCUT2D eigenvalue weighted by molar-refractivity contribution is -0.139. The minimum atomic E-state index is -1.19. The van der Waals surface area contributed by atoms with E-state index in [1.165, 1.54) is 13.8 Å². The zero-order valence-corrected chi connectivity index (χ0v) is 11.1. The first-order chi connectivity index (χ1) is 8.39. The van der Waals surface area contributed by atoms with Crippen LogP contribution in [0.2, 0.25) is 0 Å². The summed E-state index contributed by atoms with van der Waals surface area (Å²) < 4.78 is 0. The van der Waals surface area contributed by atoms with Crippen LogP contribution in [0.1, 0.15) is 38.8 Å². The number of carbonyl (C=O) groups excluding carboxylic acids is 2. The Morgan fingerprint density at radius 1 is 1.28 bits per heavy atom. The van der Waals surface area contributed by atoms with Gasteiger partial charge >= 0.3 is 0 Å². The summed E-state index contributed by atoms with van der Waals surface area (Å²) in [7, 11) is 0. The third-order valence-corrected chi connectivity index (χ3v) is 3.10. The first-order valence-electron chi connectivity index (χ1n) is 6.05. The van der Waals surface area contributed by atoms with Crippen molar-refractivity contribution in [2.24, 2.45) is 11.1 Å². The van der Waals surface area contributed by atoms with E-state index in [0.717, 1.165) is 12.0 Å². The molecule has 0 aromatic heterocycles. The molecule has 0 bridgehead atoms. The number of hydrogen-bond acceptors (Lipinski definition) is 2. The van der Waals surface area contributed by atoms with Gasteiger partial charge in [0.1, 0.15) is 5.41 Å². The number of benzene rings is 1. The molecule has 0 aliphatic carbocycles. The van der Waals surface area contributed by atoms with Gasteiger partial charge in [0.2, 0.25) is 11.8 Å². The van der Waals surface area contributed by atoms with Crippen molar-refractivity contribution in [1.82, 2.24) is 5.32 Å². The van der Waals surface area contributed by atoms with Crippen LogP contribution in [0.4, 0.5) is 0 Å². The third kappa shape index (κ3) is 3.09. The first kappa shape index (κ1) is 14.2. The normalized spacial score (nSPS) is 12.8. The molecule has 1 aromatic rings. The highest BCUT2D eigenvalue weighted by molar-refractivity contribution is 6.03. The predicted molar refractivity (Wildman–Crippen MR) is 70.6 cm³/mol. The second-order valence-electron chi connectivity index (χ2n) is 4.83. The minimum absolute atomic E-state index is 0.0997. The fraction of sp³-hybridized carbons (Fsp3) is 0.429. The molecular weight excluding hydrogens is 228 g/mol. The predicted octanol–water partition coefficient (Wildman–Crippen LogP) is 1.77. The standard InChI is InChI=1S/C14H20N2O2/c1-4-11(10-8-6-5-7-9-10)16-13(18)14(2,3)12(15)17/h5-9,11H,4H2,1-3H3,(H2,15,17)(H,16,18)/t11-/m1/s1. The van der Waals surface area contributed by atoms with Gasteiger partial charge in [0.25, 0.3) is 0 Å². The van der Waals surface area contributed by atoms with Gasteiger partial charge in [-0.1, -0.05) is 37.3 Å². The second kappa shape index (κ2) is 5.67. The monoisotopic (exact) mass is 248 g/mol. The van der Waals surface area contributed by atoms with E-state index in [0.29, 0.717) is 0 Å². The van der Waals surface area contributed by atoms with E-state index in [1.807, 2.05) is 37.3 Å². The highest BCUT2D eigenvalue weighted by Gasteiger charge is 2.35. The lowest BCUT2D eigenvalue weighted by atomic mass is 9.90. The highest BCUT2D eigenvalue weighted by Crippen LogP contribution is 2.20. The molecule has 1 rings (SSSR count). The molecule has 0 radical (unpaired) electrons. The molecule has 98 valence electrons. The Hall–Kier alpha value is -1.84. The Morgan fingerprint density at radius 2 is 1.83 bits per heavy atom. The van der Waals surface area contributed by atoms with Crippen molar-refractivity contribution in [2.75, 3.05) is 0 Å².